The van der Waals surface area contributed by atoms with Gasteiger partial charge in [-0.25, -0.2) is 0 Å². The van der Waals surface area contributed by atoms with E-state index in [2.05, 4.69) is 0 Å². The number of furan rings is 1. The van der Waals surface area contributed by atoms with Crippen LogP contribution >= 0.6 is 11.6 Å². The van der Waals surface area contributed by atoms with Crippen molar-refractivity contribution in [3.63, 3.8) is 0 Å². The number of hydrogen-bond acceptors (Lipinski definition) is 3. The third-order valence-corrected chi connectivity index (χ3v) is 2.73. The largest absolute Gasteiger partial charge is 0.481 e. The Morgan fingerprint density at radius 3 is 2.83 bits per heavy atom. The molecule has 1 atom stereocenters. The molecule has 0 saturated carbocycles. The van der Waals surface area contributed by atoms with Crippen LogP contribution in [0.5, 0.6) is 0 Å². The molecule has 1 heterocycles. The summed E-state index contributed by atoms with van der Waals surface area (Å²) in [7, 11) is 0. The van der Waals surface area contributed by atoms with E-state index in [0.29, 0.717) is 16.5 Å². The minimum Gasteiger partial charge on any atom is -0.481 e. The second-order valence-corrected chi connectivity index (χ2v) is 4.35. The van der Waals surface area contributed by atoms with Gasteiger partial charge in [0.05, 0.1) is 12.5 Å². The van der Waals surface area contributed by atoms with Gasteiger partial charge < -0.3 is 15.3 Å². The number of halogens is 1. The molecule has 0 aliphatic heterocycles. The van der Waals surface area contributed by atoms with E-state index in [1.165, 1.54) is 0 Å². The topological polar surface area (TPSA) is 76.5 Å². The molecule has 5 heteroatoms. The van der Waals surface area contributed by atoms with Gasteiger partial charge in [0.1, 0.15) is 11.5 Å². The van der Waals surface area contributed by atoms with E-state index in [1.54, 1.807) is 24.3 Å². The monoisotopic (exact) mass is 265 g/mol. The Labute approximate surface area is 109 Å². The number of carboxylic acids is 1. The van der Waals surface area contributed by atoms with E-state index in [-0.39, 0.29) is 6.42 Å². The van der Waals surface area contributed by atoms with E-state index in [9.17, 15) is 4.79 Å². The molecule has 0 bridgehead atoms. The molecule has 0 aliphatic rings. The van der Waals surface area contributed by atoms with Gasteiger partial charge >= 0.3 is 5.97 Å². The Morgan fingerprint density at radius 2 is 2.17 bits per heavy atom. The highest BCUT2D eigenvalue weighted by molar-refractivity contribution is 6.30. The molecule has 0 amide bonds. The van der Waals surface area contributed by atoms with Gasteiger partial charge in [0.15, 0.2) is 0 Å². The quantitative estimate of drug-likeness (QED) is 0.891. The fourth-order valence-corrected chi connectivity index (χ4v) is 1.83. The standard InChI is InChI=1S/C13H12ClNO3/c14-9-3-1-2-8(6-9)11-4-5-12(18-11)10(15)7-13(16)17/h1-6,10H,7,15H2,(H,16,17)/t10-/m0/s1. The molecule has 0 spiro atoms. The second kappa shape index (κ2) is 5.25. The lowest BCUT2D eigenvalue weighted by molar-refractivity contribution is -0.137. The lowest BCUT2D eigenvalue weighted by atomic mass is 10.1. The van der Waals surface area contributed by atoms with Crippen LogP contribution in [0.1, 0.15) is 18.2 Å². The van der Waals surface area contributed by atoms with E-state index < -0.39 is 12.0 Å². The number of nitrogens with two attached hydrogens (primary N) is 1. The first-order valence-corrected chi connectivity index (χ1v) is 5.77. The van der Waals surface area contributed by atoms with E-state index in [4.69, 9.17) is 26.9 Å². The van der Waals surface area contributed by atoms with Crippen LogP contribution in [0, 0.1) is 0 Å². The van der Waals surface area contributed by atoms with Gasteiger partial charge in [0, 0.05) is 10.6 Å². The summed E-state index contributed by atoms with van der Waals surface area (Å²) in [6.45, 7) is 0. The number of aliphatic carboxylic acids is 1. The van der Waals surface area contributed by atoms with Crippen LogP contribution in [0.15, 0.2) is 40.8 Å². The third kappa shape index (κ3) is 2.91. The summed E-state index contributed by atoms with van der Waals surface area (Å²) >= 11 is 5.89. The highest BCUT2D eigenvalue weighted by Crippen LogP contribution is 2.27. The van der Waals surface area contributed by atoms with Crippen LogP contribution in [0.25, 0.3) is 11.3 Å². The van der Waals surface area contributed by atoms with Crippen molar-refractivity contribution < 1.29 is 14.3 Å². The molecule has 0 fully saturated rings. The van der Waals surface area contributed by atoms with Crippen LogP contribution in [0.4, 0.5) is 0 Å². The van der Waals surface area contributed by atoms with Crippen molar-refractivity contribution in [1.82, 2.24) is 0 Å². The highest BCUT2D eigenvalue weighted by atomic mass is 35.5. The highest BCUT2D eigenvalue weighted by Gasteiger charge is 2.15. The molecule has 0 unspecified atom stereocenters. The Balaban J connectivity index is 2.22. The first-order valence-electron chi connectivity index (χ1n) is 5.39. The SMILES string of the molecule is N[C@@H](CC(=O)O)c1ccc(-c2cccc(Cl)c2)o1. The van der Waals surface area contributed by atoms with Crippen molar-refractivity contribution in [3.05, 3.63) is 47.2 Å². The molecule has 4 nitrogen and oxygen atoms in total. The Hall–Kier alpha value is -1.78. The average molecular weight is 266 g/mol. The van der Waals surface area contributed by atoms with Crippen molar-refractivity contribution >= 4 is 17.6 Å². The van der Waals surface area contributed by atoms with Gasteiger partial charge in [0.25, 0.3) is 0 Å². The lowest BCUT2D eigenvalue weighted by Gasteiger charge is -2.04. The maximum absolute atomic E-state index is 10.6. The Bertz CT molecular complexity index is 565. The zero-order chi connectivity index (χ0) is 13.1. The molecule has 0 aliphatic carbocycles. The smallest absolute Gasteiger partial charge is 0.305 e. The number of benzene rings is 1. The summed E-state index contributed by atoms with van der Waals surface area (Å²) in [6, 6.07) is 10.0. The maximum Gasteiger partial charge on any atom is 0.305 e. The van der Waals surface area contributed by atoms with E-state index in [1.807, 2.05) is 12.1 Å². The van der Waals surface area contributed by atoms with Crippen molar-refractivity contribution in [3.8, 4) is 11.3 Å². The van der Waals surface area contributed by atoms with Crippen LogP contribution in [0.3, 0.4) is 0 Å². The summed E-state index contributed by atoms with van der Waals surface area (Å²) in [5.74, 6) is 0.115. The number of carbonyl (C=O) groups is 1. The number of carboxylic acid groups (broad SMARTS) is 1. The molecular formula is C13H12ClNO3. The normalized spacial score (nSPS) is 12.3. The summed E-state index contributed by atoms with van der Waals surface area (Å²) in [5, 5.41) is 9.28. The van der Waals surface area contributed by atoms with Gasteiger partial charge in [-0.1, -0.05) is 23.7 Å². The van der Waals surface area contributed by atoms with Crippen molar-refractivity contribution in [2.24, 2.45) is 5.73 Å². The Kier molecular flexibility index (Phi) is 3.69. The zero-order valence-electron chi connectivity index (χ0n) is 9.47. The summed E-state index contributed by atoms with van der Waals surface area (Å²) < 4.78 is 5.54. The van der Waals surface area contributed by atoms with Crippen molar-refractivity contribution in [1.29, 1.82) is 0 Å². The number of hydrogen-bond donors (Lipinski definition) is 2. The van der Waals surface area contributed by atoms with Gasteiger partial charge in [0.2, 0.25) is 0 Å². The molecule has 0 radical (unpaired) electrons. The predicted octanol–water partition coefficient (Wildman–Crippen LogP) is 3.07. The summed E-state index contributed by atoms with van der Waals surface area (Å²) in [4.78, 5) is 10.6. The lowest BCUT2D eigenvalue weighted by Crippen LogP contribution is -2.14. The first-order chi connectivity index (χ1) is 8.56. The first kappa shape index (κ1) is 12.7. The predicted molar refractivity (Wildman–Crippen MR) is 68.3 cm³/mol. The van der Waals surface area contributed by atoms with Crippen molar-refractivity contribution in [2.75, 3.05) is 0 Å². The van der Waals surface area contributed by atoms with Gasteiger partial charge in [-0.2, -0.15) is 0 Å². The van der Waals surface area contributed by atoms with Crippen molar-refractivity contribution in [2.45, 2.75) is 12.5 Å². The molecular weight excluding hydrogens is 254 g/mol. The van der Waals surface area contributed by atoms with Crippen LogP contribution in [-0.2, 0) is 4.79 Å². The second-order valence-electron chi connectivity index (χ2n) is 3.92. The minimum atomic E-state index is -0.955. The van der Waals surface area contributed by atoms with Crippen LogP contribution < -0.4 is 5.73 Å². The fraction of sp³-hybridized carbons (Fsp3) is 0.154. The molecule has 1 aromatic heterocycles. The maximum atomic E-state index is 10.6. The zero-order valence-corrected chi connectivity index (χ0v) is 10.2. The minimum absolute atomic E-state index is 0.164. The summed E-state index contributed by atoms with van der Waals surface area (Å²) in [5.41, 5.74) is 6.55. The van der Waals surface area contributed by atoms with Crippen LogP contribution in [-0.4, -0.2) is 11.1 Å². The van der Waals surface area contributed by atoms with Crippen LogP contribution in [0.2, 0.25) is 5.02 Å². The molecule has 94 valence electrons. The fourth-order valence-electron chi connectivity index (χ4n) is 1.64. The van der Waals surface area contributed by atoms with Gasteiger partial charge in [-0.05, 0) is 24.3 Å². The molecule has 3 N–H and O–H groups in total. The van der Waals surface area contributed by atoms with Gasteiger partial charge in [-0.15, -0.1) is 0 Å². The number of rotatable bonds is 4. The van der Waals surface area contributed by atoms with E-state index >= 15 is 0 Å². The Morgan fingerprint density at radius 1 is 1.39 bits per heavy atom. The molecule has 1 aromatic carbocycles. The molecule has 18 heavy (non-hydrogen) atoms. The summed E-state index contributed by atoms with van der Waals surface area (Å²) in [6.07, 6.45) is -0.164. The molecule has 2 aromatic rings. The molecule has 2 rings (SSSR count). The van der Waals surface area contributed by atoms with Gasteiger partial charge in [-0.3, -0.25) is 4.79 Å². The average Bonchev–Trinajstić information content (AvgIpc) is 2.77. The van der Waals surface area contributed by atoms with E-state index in [0.717, 1.165) is 5.56 Å². The molecule has 0 saturated heterocycles. The third-order valence-electron chi connectivity index (χ3n) is 2.50.